The topological polar surface area (TPSA) is 73.2 Å². The average molecular weight is 283 g/mol. The van der Waals surface area contributed by atoms with Crippen LogP contribution in [0.5, 0.6) is 11.5 Å². The second-order valence-electron chi connectivity index (χ2n) is 5.10. The molecular formula is C16H17N3O2. The Kier molecular flexibility index (Phi) is 3.22. The molecule has 5 nitrogen and oxygen atoms in total. The molecule has 0 spiro atoms. The molecule has 3 rings (SSSR count). The van der Waals surface area contributed by atoms with Gasteiger partial charge < -0.3 is 15.2 Å². The zero-order valence-electron chi connectivity index (χ0n) is 12.1. The molecule has 0 radical (unpaired) electrons. The van der Waals surface area contributed by atoms with Crippen molar-refractivity contribution in [1.82, 2.24) is 4.57 Å². The number of rotatable bonds is 1. The normalized spacial score (nSPS) is 13.6. The van der Waals surface area contributed by atoms with Gasteiger partial charge in [0.1, 0.15) is 11.9 Å². The molecule has 2 aromatic rings. The SMILES string of the molecule is Cc1c(C#N)c(N)n(-c2ccc3c(c2)OCCCO3)c1C. The highest BCUT2D eigenvalue weighted by Gasteiger charge is 2.18. The molecule has 21 heavy (non-hydrogen) atoms. The predicted molar refractivity (Wildman–Crippen MR) is 80.0 cm³/mol. The zero-order valence-corrected chi connectivity index (χ0v) is 12.1. The van der Waals surface area contributed by atoms with Crippen molar-refractivity contribution in [3.63, 3.8) is 0 Å². The van der Waals surface area contributed by atoms with Crippen LogP contribution in [0.25, 0.3) is 5.69 Å². The van der Waals surface area contributed by atoms with Gasteiger partial charge in [0.2, 0.25) is 0 Å². The van der Waals surface area contributed by atoms with E-state index < -0.39 is 0 Å². The molecule has 0 amide bonds. The molecule has 0 aliphatic carbocycles. The molecule has 0 atom stereocenters. The first-order valence-corrected chi connectivity index (χ1v) is 6.91. The summed E-state index contributed by atoms with van der Waals surface area (Å²) in [6.45, 7) is 5.16. The van der Waals surface area contributed by atoms with E-state index in [4.69, 9.17) is 15.2 Å². The summed E-state index contributed by atoms with van der Waals surface area (Å²) in [5, 5.41) is 9.23. The van der Waals surface area contributed by atoms with Crippen LogP contribution in [-0.2, 0) is 0 Å². The first-order valence-electron chi connectivity index (χ1n) is 6.91. The maximum absolute atomic E-state index is 9.23. The van der Waals surface area contributed by atoms with Crippen molar-refractivity contribution in [2.75, 3.05) is 18.9 Å². The van der Waals surface area contributed by atoms with Gasteiger partial charge in [0.05, 0.1) is 24.5 Å². The van der Waals surface area contributed by atoms with Crippen LogP contribution < -0.4 is 15.2 Å². The fraction of sp³-hybridized carbons (Fsp3) is 0.312. The fourth-order valence-electron chi connectivity index (χ4n) is 2.60. The molecular weight excluding hydrogens is 266 g/mol. The summed E-state index contributed by atoms with van der Waals surface area (Å²) in [5.41, 5.74) is 9.39. The number of hydrogen-bond donors (Lipinski definition) is 1. The quantitative estimate of drug-likeness (QED) is 0.873. The molecule has 1 aliphatic rings. The Morgan fingerprint density at radius 3 is 2.57 bits per heavy atom. The predicted octanol–water partition coefficient (Wildman–Crippen LogP) is 2.71. The Labute approximate surface area is 123 Å². The number of nitriles is 1. The average Bonchev–Trinajstić information content (AvgIpc) is 2.65. The van der Waals surface area contributed by atoms with E-state index in [0.717, 1.165) is 29.1 Å². The molecule has 1 aliphatic heterocycles. The van der Waals surface area contributed by atoms with Crippen LogP contribution >= 0.6 is 0 Å². The van der Waals surface area contributed by atoms with E-state index in [1.165, 1.54) is 0 Å². The molecule has 2 N–H and O–H groups in total. The number of nitrogens with two attached hydrogens (primary N) is 1. The van der Waals surface area contributed by atoms with Crippen LogP contribution in [-0.4, -0.2) is 17.8 Å². The van der Waals surface area contributed by atoms with Crippen molar-refractivity contribution >= 4 is 5.82 Å². The lowest BCUT2D eigenvalue weighted by Gasteiger charge is -2.13. The van der Waals surface area contributed by atoms with Crippen LogP contribution in [0.1, 0.15) is 23.2 Å². The molecule has 2 heterocycles. The van der Waals surface area contributed by atoms with Crippen LogP contribution in [0.3, 0.4) is 0 Å². The fourth-order valence-corrected chi connectivity index (χ4v) is 2.60. The Morgan fingerprint density at radius 1 is 1.19 bits per heavy atom. The standard InChI is InChI=1S/C16H17N3O2/c1-10-11(2)19(16(18)13(10)9-17)12-4-5-14-15(8-12)21-7-3-6-20-14/h4-5,8H,3,6-7,18H2,1-2H3. The lowest BCUT2D eigenvalue weighted by molar-refractivity contribution is 0.297. The van der Waals surface area contributed by atoms with Gasteiger partial charge in [0, 0.05) is 18.2 Å². The Bertz CT molecular complexity index is 741. The minimum absolute atomic E-state index is 0.460. The van der Waals surface area contributed by atoms with Gasteiger partial charge in [-0.05, 0) is 31.5 Å². The lowest BCUT2D eigenvalue weighted by Crippen LogP contribution is -2.03. The Balaban J connectivity index is 2.14. The minimum atomic E-state index is 0.460. The summed E-state index contributed by atoms with van der Waals surface area (Å²) in [6.07, 6.45) is 0.867. The van der Waals surface area contributed by atoms with Gasteiger partial charge in [-0.3, -0.25) is 4.57 Å². The molecule has 0 saturated carbocycles. The van der Waals surface area contributed by atoms with Crippen molar-refractivity contribution in [3.05, 3.63) is 35.0 Å². The van der Waals surface area contributed by atoms with Gasteiger partial charge in [0.25, 0.3) is 0 Å². The molecule has 1 aromatic carbocycles. The van der Waals surface area contributed by atoms with E-state index in [2.05, 4.69) is 6.07 Å². The third-order valence-corrected chi connectivity index (χ3v) is 3.85. The van der Waals surface area contributed by atoms with Gasteiger partial charge in [-0.1, -0.05) is 0 Å². The highest BCUT2D eigenvalue weighted by atomic mass is 16.5. The summed E-state index contributed by atoms with van der Waals surface area (Å²) >= 11 is 0. The molecule has 108 valence electrons. The van der Waals surface area contributed by atoms with E-state index in [1.54, 1.807) is 0 Å². The summed E-state index contributed by atoms with van der Waals surface area (Å²) < 4.78 is 13.2. The van der Waals surface area contributed by atoms with Gasteiger partial charge in [0.15, 0.2) is 11.5 Å². The number of aromatic nitrogens is 1. The highest BCUT2D eigenvalue weighted by molar-refractivity contribution is 5.63. The third-order valence-electron chi connectivity index (χ3n) is 3.85. The van der Waals surface area contributed by atoms with E-state index in [1.807, 2.05) is 36.6 Å². The van der Waals surface area contributed by atoms with Crippen LogP contribution in [0, 0.1) is 25.2 Å². The smallest absolute Gasteiger partial charge is 0.163 e. The van der Waals surface area contributed by atoms with E-state index >= 15 is 0 Å². The van der Waals surface area contributed by atoms with Crippen molar-refractivity contribution in [1.29, 1.82) is 5.26 Å². The molecule has 5 heteroatoms. The Hall–Kier alpha value is -2.61. The first kappa shape index (κ1) is 13.4. The monoisotopic (exact) mass is 283 g/mol. The number of anilines is 1. The first-order chi connectivity index (χ1) is 10.1. The number of fused-ring (bicyclic) bond motifs is 1. The molecule has 0 bridgehead atoms. The molecule has 0 saturated heterocycles. The maximum Gasteiger partial charge on any atom is 0.163 e. The van der Waals surface area contributed by atoms with Gasteiger partial charge >= 0.3 is 0 Å². The van der Waals surface area contributed by atoms with Crippen molar-refractivity contribution in [2.45, 2.75) is 20.3 Å². The molecule has 0 fully saturated rings. The van der Waals surface area contributed by atoms with E-state index in [9.17, 15) is 5.26 Å². The minimum Gasteiger partial charge on any atom is -0.490 e. The van der Waals surface area contributed by atoms with Crippen LogP contribution in [0.15, 0.2) is 18.2 Å². The van der Waals surface area contributed by atoms with Crippen LogP contribution in [0.2, 0.25) is 0 Å². The summed E-state index contributed by atoms with van der Waals surface area (Å²) in [6, 6.07) is 7.89. The van der Waals surface area contributed by atoms with Gasteiger partial charge in [-0.15, -0.1) is 0 Å². The molecule has 1 aromatic heterocycles. The summed E-state index contributed by atoms with van der Waals surface area (Å²) in [5.74, 6) is 1.92. The number of nitrogen functional groups attached to an aromatic ring is 1. The number of ether oxygens (including phenoxy) is 2. The largest absolute Gasteiger partial charge is 0.490 e. The van der Waals surface area contributed by atoms with E-state index in [0.29, 0.717) is 30.3 Å². The summed E-state index contributed by atoms with van der Waals surface area (Å²) in [4.78, 5) is 0. The summed E-state index contributed by atoms with van der Waals surface area (Å²) in [7, 11) is 0. The maximum atomic E-state index is 9.23. The van der Waals surface area contributed by atoms with Crippen molar-refractivity contribution in [2.24, 2.45) is 0 Å². The Morgan fingerprint density at radius 2 is 1.90 bits per heavy atom. The lowest BCUT2D eigenvalue weighted by atomic mass is 10.2. The van der Waals surface area contributed by atoms with Crippen LogP contribution in [0.4, 0.5) is 5.82 Å². The highest BCUT2D eigenvalue weighted by Crippen LogP contribution is 2.34. The molecule has 0 unspecified atom stereocenters. The number of hydrogen-bond acceptors (Lipinski definition) is 4. The zero-order chi connectivity index (χ0) is 15.0. The van der Waals surface area contributed by atoms with E-state index in [-0.39, 0.29) is 0 Å². The van der Waals surface area contributed by atoms with Gasteiger partial charge in [-0.25, -0.2) is 0 Å². The van der Waals surface area contributed by atoms with Gasteiger partial charge in [-0.2, -0.15) is 5.26 Å². The van der Waals surface area contributed by atoms with Crippen molar-refractivity contribution < 1.29 is 9.47 Å². The number of benzene rings is 1. The second kappa shape index (κ2) is 5.06. The van der Waals surface area contributed by atoms with Crippen molar-refractivity contribution in [3.8, 4) is 23.3 Å². The third kappa shape index (κ3) is 2.09. The number of nitrogens with zero attached hydrogens (tertiary/aromatic N) is 2. The second-order valence-corrected chi connectivity index (χ2v) is 5.10.